The van der Waals surface area contributed by atoms with Crippen LogP contribution in [0.25, 0.3) is 0 Å². The third-order valence-corrected chi connectivity index (χ3v) is 4.18. The third kappa shape index (κ3) is 4.62. The Morgan fingerprint density at radius 1 is 0.900 bits per heavy atom. The quantitative estimate of drug-likeness (QED) is 0.420. The number of para-hydroxylation sites is 1. The average Bonchev–Trinajstić information content (AvgIpc) is 3.27. The first-order valence-corrected chi connectivity index (χ1v) is 8.73. The number of rotatable bonds is 5. The molecule has 3 aromatic rings. The highest BCUT2D eigenvalue weighted by atomic mass is 35.5. The molecule has 10 nitrogen and oxygen atoms in total. The third-order valence-electron chi connectivity index (χ3n) is 3.86. The van der Waals surface area contributed by atoms with Crippen LogP contribution in [0.15, 0.2) is 65.3 Å². The Hall–Kier alpha value is -4.18. The van der Waals surface area contributed by atoms with Crippen molar-refractivity contribution in [2.24, 2.45) is 0 Å². The Morgan fingerprint density at radius 3 is 2.30 bits per heavy atom. The number of amides is 3. The molecule has 1 heterocycles. The number of nitrogens with one attached hydrogen (secondary N) is 3. The lowest BCUT2D eigenvalue weighted by atomic mass is 10.1. The first-order valence-electron chi connectivity index (χ1n) is 8.35. The molecule has 152 valence electrons. The molecule has 0 aliphatic heterocycles. The zero-order valence-corrected chi connectivity index (χ0v) is 15.8. The van der Waals surface area contributed by atoms with E-state index in [0.29, 0.717) is 0 Å². The zero-order valence-electron chi connectivity index (χ0n) is 15.0. The maximum Gasteiger partial charge on any atom is 0.305 e. The predicted molar refractivity (Wildman–Crippen MR) is 106 cm³/mol. The molecule has 0 fully saturated rings. The highest BCUT2D eigenvalue weighted by Gasteiger charge is 2.18. The number of halogens is 1. The van der Waals surface area contributed by atoms with E-state index in [1.165, 1.54) is 36.6 Å². The number of nitro benzene ring substituents is 1. The number of carbonyl (C=O) groups is 3. The number of anilines is 1. The minimum absolute atomic E-state index is 0.00435. The van der Waals surface area contributed by atoms with Crippen molar-refractivity contribution in [2.45, 2.75) is 0 Å². The van der Waals surface area contributed by atoms with Gasteiger partial charge in [-0.05, 0) is 30.3 Å². The largest absolute Gasteiger partial charge is 0.459 e. The van der Waals surface area contributed by atoms with Crippen LogP contribution in [0.1, 0.15) is 31.3 Å². The van der Waals surface area contributed by atoms with Crippen LogP contribution < -0.4 is 16.2 Å². The molecule has 2 aromatic carbocycles. The number of non-ortho nitro benzene ring substituents is 1. The smallest absolute Gasteiger partial charge is 0.305 e. The van der Waals surface area contributed by atoms with Crippen molar-refractivity contribution in [1.29, 1.82) is 0 Å². The lowest BCUT2D eigenvalue weighted by Crippen LogP contribution is -2.41. The summed E-state index contributed by atoms with van der Waals surface area (Å²) in [4.78, 5) is 47.0. The molecule has 0 saturated heterocycles. The predicted octanol–water partition coefficient (Wildman–Crippen LogP) is 3.17. The monoisotopic (exact) mass is 428 g/mol. The van der Waals surface area contributed by atoms with Gasteiger partial charge in [0.15, 0.2) is 5.76 Å². The van der Waals surface area contributed by atoms with E-state index in [1.807, 2.05) is 0 Å². The molecule has 0 saturated carbocycles. The van der Waals surface area contributed by atoms with Gasteiger partial charge in [0, 0.05) is 12.1 Å². The number of hydrazine groups is 1. The minimum Gasteiger partial charge on any atom is -0.459 e. The Morgan fingerprint density at radius 2 is 1.63 bits per heavy atom. The topological polar surface area (TPSA) is 144 Å². The lowest BCUT2D eigenvalue weighted by molar-refractivity contribution is -0.384. The van der Waals surface area contributed by atoms with Crippen LogP contribution in [0.2, 0.25) is 5.02 Å². The van der Waals surface area contributed by atoms with Gasteiger partial charge in [0.05, 0.1) is 33.0 Å². The molecule has 3 rings (SSSR count). The van der Waals surface area contributed by atoms with Gasteiger partial charge in [0.1, 0.15) is 0 Å². The lowest BCUT2D eigenvalue weighted by Gasteiger charge is -2.12. The number of nitro groups is 1. The number of hydrogen-bond donors (Lipinski definition) is 3. The first-order chi connectivity index (χ1) is 14.4. The molecule has 11 heteroatoms. The summed E-state index contributed by atoms with van der Waals surface area (Å²) in [5.41, 5.74) is 4.34. The van der Waals surface area contributed by atoms with Gasteiger partial charge in [-0.15, -0.1) is 0 Å². The molecule has 0 aliphatic rings. The Labute approximate surface area is 173 Å². The van der Waals surface area contributed by atoms with Crippen molar-refractivity contribution in [2.75, 3.05) is 5.32 Å². The van der Waals surface area contributed by atoms with Crippen LogP contribution in [0.3, 0.4) is 0 Å². The van der Waals surface area contributed by atoms with E-state index in [-0.39, 0.29) is 33.3 Å². The van der Waals surface area contributed by atoms with E-state index in [0.717, 1.165) is 12.1 Å². The second-order valence-corrected chi connectivity index (χ2v) is 6.21. The Kier molecular flexibility index (Phi) is 6.08. The standard InChI is InChI=1S/C19H13ClN4O6/c20-14-10-11(24(28)29)7-8-12(14)17(25)21-15-5-2-1-4-13(15)18(26)22-23-19(27)16-6-3-9-30-16/h1-10H,(H,21,25)(H,22,26)(H,23,27). The highest BCUT2D eigenvalue weighted by Crippen LogP contribution is 2.24. The molecule has 0 bridgehead atoms. The van der Waals surface area contributed by atoms with Crippen LogP contribution in [0, 0.1) is 10.1 Å². The molecule has 30 heavy (non-hydrogen) atoms. The van der Waals surface area contributed by atoms with E-state index < -0.39 is 22.6 Å². The van der Waals surface area contributed by atoms with Crippen LogP contribution in [-0.2, 0) is 0 Å². The van der Waals surface area contributed by atoms with Crippen molar-refractivity contribution in [3.8, 4) is 0 Å². The second-order valence-electron chi connectivity index (χ2n) is 5.81. The van der Waals surface area contributed by atoms with E-state index in [2.05, 4.69) is 16.2 Å². The van der Waals surface area contributed by atoms with Gasteiger partial charge < -0.3 is 9.73 Å². The fraction of sp³-hybridized carbons (Fsp3) is 0. The molecule has 0 unspecified atom stereocenters. The fourth-order valence-corrected chi connectivity index (χ4v) is 2.69. The maximum absolute atomic E-state index is 12.5. The van der Waals surface area contributed by atoms with Crippen LogP contribution in [0.5, 0.6) is 0 Å². The molecule has 0 aliphatic carbocycles. The van der Waals surface area contributed by atoms with Crippen molar-refractivity contribution in [3.63, 3.8) is 0 Å². The van der Waals surface area contributed by atoms with Crippen molar-refractivity contribution >= 4 is 40.7 Å². The fourth-order valence-electron chi connectivity index (χ4n) is 2.43. The summed E-state index contributed by atoms with van der Waals surface area (Å²) < 4.78 is 4.92. The molecule has 3 N–H and O–H groups in total. The summed E-state index contributed by atoms with van der Waals surface area (Å²) in [5.74, 6) is -2.02. The minimum atomic E-state index is -0.694. The van der Waals surface area contributed by atoms with Gasteiger partial charge in [-0.3, -0.25) is 35.3 Å². The highest BCUT2D eigenvalue weighted by molar-refractivity contribution is 6.34. The molecule has 0 spiro atoms. The molecule has 0 atom stereocenters. The van der Waals surface area contributed by atoms with Crippen LogP contribution in [0.4, 0.5) is 11.4 Å². The van der Waals surface area contributed by atoms with Gasteiger partial charge in [-0.25, -0.2) is 0 Å². The second kappa shape index (κ2) is 8.88. The summed E-state index contributed by atoms with van der Waals surface area (Å²) in [6.07, 6.45) is 1.31. The van der Waals surface area contributed by atoms with Gasteiger partial charge >= 0.3 is 5.91 Å². The van der Waals surface area contributed by atoms with Gasteiger partial charge in [-0.1, -0.05) is 23.7 Å². The van der Waals surface area contributed by atoms with E-state index >= 15 is 0 Å². The number of nitrogens with zero attached hydrogens (tertiary/aromatic N) is 1. The number of furan rings is 1. The van der Waals surface area contributed by atoms with Gasteiger partial charge in [0.2, 0.25) is 0 Å². The molecule has 1 aromatic heterocycles. The summed E-state index contributed by atoms with van der Waals surface area (Å²) in [7, 11) is 0. The normalized spacial score (nSPS) is 10.2. The number of hydrogen-bond acceptors (Lipinski definition) is 6. The number of carbonyl (C=O) groups excluding carboxylic acids is 3. The van der Waals surface area contributed by atoms with Crippen LogP contribution in [-0.4, -0.2) is 22.6 Å². The first kappa shape index (κ1) is 20.6. The average molecular weight is 429 g/mol. The van der Waals surface area contributed by atoms with Crippen molar-refractivity contribution < 1.29 is 23.7 Å². The number of benzene rings is 2. The van der Waals surface area contributed by atoms with E-state index in [9.17, 15) is 24.5 Å². The molecule has 0 radical (unpaired) electrons. The van der Waals surface area contributed by atoms with Crippen molar-refractivity contribution in [3.05, 3.63) is 92.9 Å². The van der Waals surface area contributed by atoms with Crippen LogP contribution >= 0.6 is 11.6 Å². The SMILES string of the molecule is O=C(NNC(=O)c1ccccc1NC(=O)c1ccc([N+](=O)[O-])cc1Cl)c1ccco1. The van der Waals surface area contributed by atoms with E-state index in [1.54, 1.807) is 12.1 Å². The summed E-state index contributed by atoms with van der Waals surface area (Å²) in [6, 6.07) is 12.4. The Bertz CT molecular complexity index is 1130. The van der Waals surface area contributed by atoms with Gasteiger partial charge in [-0.2, -0.15) is 0 Å². The Balaban J connectivity index is 1.73. The molecular weight excluding hydrogens is 416 g/mol. The summed E-state index contributed by atoms with van der Waals surface area (Å²) in [6.45, 7) is 0. The molecular formula is C19H13ClN4O6. The molecule has 3 amide bonds. The van der Waals surface area contributed by atoms with Gasteiger partial charge in [0.25, 0.3) is 17.5 Å². The summed E-state index contributed by atoms with van der Waals surface area (Å²) >= 11 is 5.97. The van der Waals surface area contributed by atoms with Crippen molar-refractivity contribution in [1.82, 2.24) is 10.9 Å². The zero-order chi connectivity index (χ0) is 21.7. The van der Waals surface area contributed by atoms with E-state index in [4.69, 9.17) is 16.0 Å². The summed E-state index contributed by atoms with van der Waals surface area (Å²) in [5, 5.41) is 13.2. The maximum atomic E-state index is 12.5.